The van der Waals surface area contributed by atoms with Gasteiger partial charge in [0.2, 0.25) is 0 Å². The molecular weight excluding hydrogens is 349 g/mol. The van der Waals surface area contributed by atoms with Crippen molar-refractivity contribution < 1.29 is 0 Å². The average molecular weight is 360 g/mol. The van der Waals surface area contributed by atoms with E-state index in [4.69, 9.17) is 11.6 Å². The monoisotopic (exact) mass is 359 g/mol. The summed E-state index contributed by atoms with van der Waals surface area (Å²) in [6.45, 7) is 2.44. The highest BCUT2D eigenvalue weighted by Crippen LogP contribution is 2.16. The van der Waals surface area contributed by atoms with Gasteiger partial charge in [-0.1, -0.05) is 29.8 Å². The van der Waals surface area contributed by atoms with Gasteiger partial charge in [0.1, 0.15) is 0 Å². The number of aromatic nitrogens is 1. The standard InChI is InChI=1S/C13H11ClINO/c1-9-6-13(17)16(8-12(9)15)7-10-4-2-3-5-11(10)14/h2-6,8H,7H2,1H3. The van der Waals surface area contributed by atoms with Crippen molar-refractivity contribution in [1.29, 1.82) is 0 Å². The van der Waals surface area contributed by atoms with Gasteiger partial charge in [-0.2, -0.15) is 0 Å². The molecule has 0 N–H and O–H groups in total. The summed E-state index contributed by atoms with van der Waals surface area (Å²) in [5, 5.41) is 0.690. The van der Waals surface area contributed by atoms with E-state index >= 15 is 0 Å². The molecule has 0 spiro atoms. The van der Waals surface area contributed by atoms with E-state index in [1.165, 1.54) is 0 Å². The molecule has 1 aromatic carbocycles. The summed E-state index contributed by atoms with van der Waals surface area (Å²) in [4.78, 5) is 11.8. The van der Waals surface area contributed by atoms with Crippen LogP contribution >= 0.6 is 34.2 Å². The second kappa shape index (κ2) is 5.23. The fourth-order valence-corrected chi connectivity index (χ4v) is 2.26. The van der Waals surface area contributed by atoms with Crippen molar-refractivity contribution in [3.8, 4) is 0 Å². The molecule has 88 valence electrons. The summed E-state index contributed by atoms with van der Waals surface area (Å²) in [5.74, 6) is 0. The normalized spacial score (nSPS) is 10.5. The second-order valence-corrected chi connectivity index (χ2v) is 5.43. The van der Waals surface area contributed by atoms with Crippen LogP contribution in [0.3, 0.4) is 0 Å². The van der Waals surface area contributed by atoms with E-state index in [0.29, 0.717) is 11.6 Å². The Kier molecular flexibility index (Phi) is 3.89. The van der Waals surface area contributed by atoms with Crippen LogP contribution in [0.4, 0.5) is 0 Å². The van der Waals surface area contributed by atoms with Crippen LogP contribution in [0.25, 0.3) is 0 Å². The number of hydrogen-bond acceptors (Lipinski definition) is 1. The fraction of sp³-hybridized carbons (Fsp3) is 0.154. The summed E-state index contributed by atoms with van der Waals surface area (Å²) in [6.07, 6.45) is 1.86. The molecule has 0 aliphatic rings. The van der Waals surface area contributed by atoms with Crippen molar-refractivity contribution >= 4 is 34.2 Å². The van der Waals surface area contributed by atoms with Gasteiger partial charge in [-0.25, -0.2) is 0 Å². The quantitative estimate of drug-likeness (QED) is 0.753. The van der Waals surface area contributed by atoms with Crippen molar-refractivity contribution in [3.05, 3.63) is 66.6 Å². The highest BCUT2D eigenvalue weighted by molar-refractivity contribution is 14.1. The predicted molar refractivity (Wildman–Crippen MR) is 78.7 cm³/mol. The fourth-order valence-electron chi connectivity index (χ4n) is 1.57. The summed E-state index contributed by atoms with van der Waals surface area (Å²) in [6, 6.07) is 9.22. The van der Waals surface area contributed by atoms with E-state index in [9.17, 15) is 4.79 Å². The molecule has 4 heteroatoms. The Morgan fingerprint density at radius 3 is 2.76 bits per heavy atom. The highest BCUT2D eigenvalue weighted by atomic mass is 127. The van der Waals surface area contributed by atoms with Crippen molar-refractivity contribution in [2.24, 2.45) is 0 Å². The van der Waals surface area contributed by atoms with Crippen LogP contribution in [0.2, 0.25) is 5.02 Å². The third-order valence-electron chi connectivity index (χ3n) is 2.57. The molecule has 0 saturated carbocycles. The molecule has 1 aromatic heterocycles. The molecule has 0 saturated heterocycles. The Labute approximate surface area is 118 Å². The zero-order valence-electron chi connectivity index (χ0n) is 9.28. The SMILES string of the molecule is Cc1cc(=O)n(Cc2ccccc2Cl)cc1I. The molecule has 0 bridgehead atoms. The lowest BCUT2D eigenvalue weighted by Crippen LogP contribution is -2.20. The minimum atomic E-state index is 0.00263. The molecule has 1 heterocycles. The number of halogens is 2. The summed E-state index contributed by atoms with van der Waals surface area (Å²) in [7, 11) is 0. The molecule has 17 heavy (non-hydrogen) atoms. The van der Waals surface area contributed by atoms with Crippen molar-refractivity contribution in [1.82, 2.24) is 4.57 Å². The number of nitrogens with zero attached hydrogens (tertiary/aromatic N) is 1. The summed E-state index contributed by atoms with van der Waals surface area (Å²) >= 11 is 8.31. The van der Waals surface area contributed by atoms with Gasteiger partial charge in [0.15, 0.2) is 0 Å². The molecule has 0 aliphatic carbocycles. The lowest BCUT2D eigenvalue weighted by atomic mass is 10.2. The van der Waals surface area contributed by atoms with Gasteiger partial charge in [0.25, 0.3) is 5.56 Å². The maximum absolute atomic E-state index is 11.8. The Bertz CT molecular complexity index is 607. The van der Waals surface area contributed by atoms with Crippen LogP contribution in [0, 0.1) is 10.5 Å². The number of pyridine rings is 1. The van der Waals surface area contributed by atoms with Crippen molar-refractivity contribution in [3.63, 3.8) is 0 Å². The van der Waals surface area contributed by atoms with Gasteiger partial charge >= 0.3 is 0 Å². The first kappa shape index (κ1) is 12.6. The zero-order chi connectivity index (χ0) is 12.4. The first-order chi connectivity index (χ1) is 8.08. The van der Waals surface area contributed by atoms with Gasteiger partial charge in [-0.15, -0.1) is 0 Å². The zero-order valence-corrected chi connectivity index (χ0v) is 12.2. The van der Waals surface area contributed by atoms with Gasteiger partial charge in [0.05, 0.1) is 6.54 Å². The highest BCUT2D eigenvalue weighted by Gasteiger charge is 2.04. The van der Waals surface area contributed by atoms with Crippen molar-refractivity contribution in [2.75, 3.05) is 0 Å². The van der Waals surface area contributed by atoms with Gasteiger partial charge < -0.3 is 4.57 Å². The van der Waals surface area contributed by atoms with Crippen LogP contribution in [0.1, 0.15) is 11.1 Å². The molecule has 0 amide bonds. The van der Waals surface area contributed by atoms with Gasteiger partial charge in [-0.3, -0.25) is 4.79 Å². The molecule has 0 radical (unpaired) electrons. The van der Waals surface area contributed by atoms with Crippen LogP contribution in [-0.4, -0.2) is 4.57 Å². The number of hydrogen-bond donors (Lipinski definition) is 0. The maximum atomic E-state index is 11.8. The first-order valence-electron chi connectivity index (χ1n) is 5.18. The third kappa shape index (κ3) is 2.90. The Morgan fingerprint density at radius 1 is 1.35 bits per heavy atom. The van der Waals surface area contributed by atoms with Gasteiger partial charge in [-0.05, 0) is 46.7 Å². The molecule has 0 atom stereocenters. The number of aryl methyl sites for hydroxylation is 1. The third-order valence-corrected chi connectivity index (χ3v) is 4.07. The van der Waals surface area contributed by atoms with E-state index in [2.05, 4.69) is 22.6 Å². The van der Waals surface area contributed by atoms with E-state index in [1.807, 2.05) is 37.4 Å². The minimum absolute atomic E-state index is 0.00263. The van der Waals surface area contributed by atoms with E-state index in [0.717, 1.165) is 14.7 Å². The first-order valence-corrected chi connectivity index (χ1v) is 6.63. The summed E-state index contributed by atoms with van der Waals surface area (Å²) < 4.78 is 2.75. The number of rotatable bonds is 2. The van der Waals surface area contributed by atoms with Crippen LogP contribution in [-0.2, 0) is 6.54 Å². The molecular formula is C13H11ClINO. The lowest BCUT2D eigenvalue weighted by Gasteiger charge is -2.09. The molecule has 2 rings (SSSR count). The molecule has 0 fully saturated rings. The Balaban J connectivity index is 2.41. The van der Waals surface area contributed by atoms with E-state index in [1.54, 1.807) is 10.6 Å². The molecule has 0 aliphatic heterocycles. The van der Waals surface area contributed by atoms with Crippen LogP contribution in [0.15, 0.2) is 41.3 Å². The maximum Gasteiger partial charge on any atom is 0.251 e. The molecule has 2 nitrogen and oxygen atoms in total. The number of benzene rings is 1. The lowest BCUT2D eigenvalue weighted by molar-refractivity contribution is 0.753. The van der Waals surface area contributed by atoms with Crippen LogP contribution in [0.5, 0.6) is 0 Å². The van der Waals surface area contributed by atoms with E-state index < -0.39 is 0 Å². The van der Waals surface area contributed by atoms with Gasteiger partial charge in [0, 0.05) is 20.9 Å². The molecule has 0 unspecified atom stereocenters. The summed E-state index contributed by atoms with van der Waals surface area (Å²) in [5.41, 5.74) is 1.96. The second-order valence-electron chi connectivity index (χ2n) is 3.86. The Hall–Kier alpha value is -0.810. The Morgan fingerprint density at radius 2 is 2.06 bits per heavy atom. The van der Waals surface area contributed by atoms with Crippen molar-refractivity contribution in [2.45, 2.75) is 13.5 Å². The molecule has 2 aromatic rings. The smallest absolute Gasteiger partial charge is 0.251 e. The largest absolute Gasteiger partial charge is 0.310 e. The topological polar surface area (TPSA) is 22.0 Å². The predicted octanol–water partition coefficient (Wildman–Crippen LogP) is 3.46. The minimum Gasteiger partial charge on any atom is -0.310 e. The van der Waals surface area contributed by atoms with E-state index in [-0.39, 0.29) is 5.56 Å². The van der Waals surface area contributed by atoms with Crippen LogP contribution < -0.4 is 5.56 Å². The average Bonchev–Trinajstić information content (AvgIpc) is 2.29.